The van der Waals surface area contributed by atoms with Crippen molar-refractivity contribution in [3.8, 4) is 0 Å². The first-order valence-electron chi connectivity index (χ1n) is 8.00. The summed E-state index contributed by atoms with van der Waals surface area (Å²) in [5.41, 5.74) is 1.55. The molecule has 1 aromatic rings. The molecule has 0 saturated heterocycles. The third kappa shape index (κ3) is 4.33. The number of hydrogen-bond donors (Lipinski definition) is 1. The molecule has 0 unspecified atom stereocenters. The van der Waals surface area contributed by atoms with Crippen molar-refractivity contribution in [2.75, 3.05) is 6.61 Å². The smallest absolute Gasteiger partial charge is 0.338 e. The summed E-state index contributed by atoms with van der Waals surface area (Å²) in [6.07, 6.45) is 3.36. The lowest BCUT2D eigenvalue weighted by atomic mass is 9.78. The highest BCUT2D eigenvalue weighted by Gasteiger charge is 2.28. The maximum absolute atomic E-state index is 12.0. The maximum atomic E-state index is 12.0. The SMILES string of the molecule is Cc1ccc(C(=O)OCC(=O)N[C@@H]2CCC[C@@H](C)[C@@H]2C)cc1. The molecule has 1 aromatic carbocycles. The van der Waals surface area contributed by atoms with E-state index >= 15 is 0 Å². The first kappa shape index (κ1) is 16.5. The fraction of sp³-hybridized carbons (Fsp3) is 0.556. The Balaban J connectivity index is 1.80. The van der Waals surface area contributed by atoms with Gasteiger partial charge < -0.3 is 10.1 Å². The second-order valence-electron chi connectivity index (χ2n) is 6.38. The van der Waals surface area contributed by atoms with E-state index in [2.05, 4.69) is 19.2 Å². The van der Waals surface area contributed by atoms with E-state index in [1.54, 1.807) is 12.1 Å². The molecule has 22 heavy (non-hydrogen) atoms. The minimum atomic E-state index is -0.458. The lowest BCUT2D eigenvalue weighted by Gasteiger charge is -2.34. The van der Waals surface area contributed by atoms with Crippen LogP contribution in [-0.4, -0.2) is 24.5 Å². The maximum Gasteiger partial charge on any atom is 0.338 e. The normalized spacial score (nSPS) is 24.6. The second-order valence-corrected chi connectivity index (χ2v) is 6.38. The summed E-state index contributed by atoms with van der Waals surface area (Å²) in [5, 5.41) is 3.00. The highest BCUT2D eigenvalue weighted by atomic mass is 16.5. The van der Waals surface area contributed by atoms with Gasteiger partial charge in [0.25, 0.3) is 5.91 Å². The second kappa shape index (κ2) is 7.43. The number of esters is 1. The van der Waals surface area contributed by atoms with Gasteiger partial charge in [0.1, 0.15) is 0 Å². The van der Waals surface area contributed by atoms with Crippen LogP contribution in [0.3, 0.4) is 0 Å². The zero-order chi connectivity index (χ0) is 16.1. The lowest BCUT2D eigenvalue weighted by molar-refractivity contribution is -0.125. The third-order valence-corrected chi connectivity index (χ3v) is 4.67. The van der Waals surface area contributed by atoms with Crippen molar-refractivity contribution in [3.63, 3.8) is 0 Å². The molecule has 1 aliphatic carbocycles. The van der Waals surface area contributed by atoms with E-state index in [0.29, 0.717) is 17.4 Å². The van der Waals surface area contributed by atoms with Crippen LogP contribution >= 0.6 is 0 Å². The van der Waals surface area contributed by atoms with E-state index in [1.165, 1.54) is 6.42 Å². The number of nitrogens with one attached hydrogen (secondary N) is 1. The van der Waals surface area contributed by atoms with Crippen molar-refractivity contribution in [2.45, 2.75) is 46.1 Å². The molecular weight excluding hydrogens is 278 g/mol. The Kier molecular flexibility index (Phi) is 5.58. The van der Waals surface area contributed by atoms with Crippen molar-refractivity contribution >= 4 is 11.9 Å². The Morgan fingerprint density at radius 2 is 1.86 bits per heavy atom. The van der Waals surface area contributed by atoms with Crippen LogP contribution in [0.2, 0.25) is 0 Å². The molecule has 3 atom stereocenters. The molecule has 0 spiro atoms. The van der Waals surface area contributed by atoms with E-state index in [4.69, 9.17) is 4.74 Å². The Hall–Kier alpha value is -1.84. The van der Waals surface area contributed by atoms with Gasteiger partial charge in [-0.1, -0.05) is 44.4 Å². The van der Waals surface area contributed by atoms with Gasteiger partial charge in [-0.2, -0.15) is 0 Å². The Bertz CT molecular complexity index is 524. The number of benzene rings is 1. The first-order chi connectivity index (χ1) is 10.5. The van der Waals surface area contributed by atoms with Gasteiger partial charge in [-0.05, 0) is 37.3 Å². The molecule has 0 aromatic heterocycles. The van der Waals surface area contributed by atoms with Gasteiger partial charge in [-0.15, -0.1) is 0 Å². The average Bonchev–Trinajstić information content (AvgIpc) is 2.50. The highest BCUT2D eigenvalue weighted by Crippen LogP contribution is 2.29. The first-order valence-corrected chi connectivity index (χ1v) is 8.00. The summed E-state index contributed by atoms with van der Waals surface area (Å²) in [4.78, 5) is 23.8. The molecule has 1 amide bonds. The molecule has 2 rings (SSSR count). The number of rotatable bonds is 4. The predicted octanol–water partition coefficient (Wildman–Crippen LogP) is 3.09. The average molecular weight is 303 g/mol. The van der Waals surface area contributed by atoms with Crippen LogP contribution in [0.1, 0.15) is 49.0 Å². The molecule has 120 valence electrons. The predicted molar refractivity (Wildman–Crippen MR) is 85.6 cm³/mol. The number of carbonyl (C=O) groups is 2. The van der Waals surface area contributed by atoms with E-state index < -0.39 is 5.97 Å². The van der Waals surface area contributed by atoms with Crippen molar-refractivity contribution in [2.24, 2.45) is 11.8 Å². The highest BCUT2D eigenvalue weighted by molar-refractivity contribution is 5.91. The van der Waals surface area contributed by atoms with Crippen LogP contribution in [-0.2, 0) is 9.53 Å². The number of aryl methyl sites for hydroxylation is 1. The van der Waals surface area contributed by atoms with Crippen LogP contribution in [0.15, 0.2) is 24.3 Å². The van der Waals surface area contributed by atoms with Crippen molar-refractivity contribution in [1.29, 1.82) is 0 Å². The summed E-state index contributed by atoms with van der Waals surface area (Å²) in [6.45, 7) is 6.13. The van der Waals surface area contributed by atoms with Crippen LogP contribution in [0.5, 0.6) is 0 Å². The monoisotopic (exact) mass is 303 g/mol. The third-order valence-electron chi connectivity index (χ3n) is 4.67. The van der Waals surface area contributed by atoms with Crippen molar-refractivity contribution in [3.05, 3.63) is 35.4 Å². The molecule has 4 heteroatoms. The Morgan fingerprint density at radius 1 is 1.18 bits per heavy atom. The van der Waals surface area contributed by atoms with Crippen LogP contribution in [0, 0.1) is 18.8 Å². The molecule has 4 nitrogen and oxygen atoms in total. The minimum absolute atomic E-state index is 0.189. The van der Waals surface area contributed by atoms with E-state index in [0.717, 1.165) is 18.4 Å². The quantitative estimate of drug-likeness (QED) is 0.870. The fourth-order valence-corrected chi connectivity index (χ4v) is 2.94. The van der Waals surface area contributed by atoms with Gasteiger partial charge in [0.15, 0.2) is 6.61 Å². The fourth-order valence-electron chi connectivity index (χ4n) is 2.94. The molecular formula is C18H25NO3. The van der Waals surface area contributed by atoms with Gasteiger partial charge in [-0.25, -0.2) is 4.79 Å². The summed E-state index contributed by atoms with van der Waals surface area (Å²) < 4.78 is 5.08. The molecule has 1 N–H and O–H groups in total. The summed E-state index contributed by atoms with van der Waals surface area (Å²) in [7, 11) is 0. The van der Waals surface area contributed by atoms with Crippen LogP contribution in [0.25, 0.3) is 0 Å². The van der Waals surface area contributed by atoms with Gasteiger partial charge in [0.2, 0.25) is 0 Å². The van der Waals surface area contributed by atoms with Crippen molar-refractivity contribution < 1.29 is 14.3 Å². The number of carbonyl (C=O) groups excluding carboxylic acids is 2. The summed E-state index contributed by atoms with van der Waals surface area (Å²) >= 11 is 0. The summed E-state index contributed by atoms with van der Waals surface area (Å²) in [6, 6.07) is 7.30. The molecule has 0 radical (unpaired) electrons. The Labute approximate surface area is 132 Å². The standard InChI is InChI=1S/C18H25NO3/c1-12-7-9-15(10-8-12)18(21)22-11-17(20)19-16-6-4-5-13(2)14(16)3/h7-10,13-14,16H,4-6,11H2,1-3H3,(H,19,20)/t13-,14+,16-/m1/s1. The molecule has 0 aliphatic heterocycles. The molecule has 1 fully saturated rings. The van der Waals surface area contributed by atoms with Gasteiger partial charge in [0.05, 0.1) is 5.56 Å². The number of amides is 1. The molecule has 1 aliphatic rings. The molecule has 0 heterocycles. The van der Waals surface area contributed by atoms with Gasteiger partial charge in [-0.3, -0.25) is 4.79 Å². The van der Waals surface area contributed by atoms with Crippen LogP contribution < -0.4 is 5.32 Å². The number of hydrogen-bond acceptors (Lipinski definition) is 3. The van der Waals surface area contributed by atoms with E-state index in [1.807, 2.05) is 19.1 Å². The van der Waals surface area contributed by atoms with E-state index in [9.17, 15) is 9.59 Å². The summed E-state index contributed by atoms with van der Waals surface area (Å²) in [5.74, 6) is 0.409. The molecule has 1 saturated carbocycles. The van der Waals surface area contributed by atoms with E-state index in [-0.39, 0.29) is 18.6 Å². The zero-order valence-electron chi connectivity index (χ0n) is 13.6. The van der Waals surface area contributed by atoms with Crippen LogP contribution in [0.4, 0.5) is 0 Å². The topological polar surface area (TPSA) is 55.4 Å². The zero-order valence-corrected chi connectivity index (χ0v) is 13.6. The number of ether oxygens (including phenoxy) is 1. The minimum Gasteiger partial charge on any atom is -0.452 e. The lowest BCUT2D eigenvalue weighted by Crippen LogP contribution is -2.45. The molecule has 0 bridgehead atoms. The Morgan fingerprint density at radius 3 is 2.55 bits per heavy atom. The van der Waals surface area contributed by atoms with Crippen molar-refractivity contribution in [1.82, 2.24) is 5.32 Å². The largest absolute Gasteiger partial charge is 0.452 e. The van der Waals surface area contributed by atoms with Gasteiger partial charge >= 0.3 is 5.97 Å². The van der Waals surface area contributed by atoms with Gasteiger partial charge in [0, 0.05) is 6.04 Å².